The predicted octanol–water partition coefficient (Wildman–Crippen LogP) is 0.988. The lowest BCUT2D eigenvalue weighted by Gasteiger charge is -2.27. The molecule has 0 aliphatic carbocycles. The van der Waals surface area contributed by atoms with Gasteiger partial charge in [-0.2, -0.15) is 0 Å². The van der Waals surface area contributed by atoms with Gasteiger partial charge >= 0.3 is 0 Å². The summed E-state index contributed by atoms with van der Waals surface area (Å²) < 4.78 is 10.5. The van der Waals surface area contributed by atoms with Crippen molar-refractivity contribution in [2.24, 2.45) is 10.7 Å². The summed E-state index contributed by atoms with van der Waals surface area (Å²) in [6, 6.07) is 0. The van der Waals surface area contributed by atoms with Crippen molar-refractivity contribution in [2.75, 3.05) is 46.1 Å². The number of guanidine groups is 1. The average molecular weight is 367 g/mol. The summed E-state index contributed by atoms with van der Waals surface area (Å²) in [5, 5.41) is 0. The van der Waals surface area contributed by atoms with Gasteiger partial charge in [-0.3, -0.25) is 4.99 Å². The molecule has 0 unspecified atom stereocenters. The number of hydrogen-bond donors (Lipinski definition) is 1. The van der Waals surface area contributed by atoms with Gasteiger partial charge in [0, 0.05) is 19.6 Å². The molecule has 0 atom stereocenters. The van der Waals surface area contributed by atoms with Crippen molar-refractivity contribution in [3.05, 3.63) is 11.6 Å². The molecule has 0 aromatic carbocycles. The minimum Gasteiger partial charge on any atom is -0.378 e. The largest absolute Gasteiger partial charge is 0.378 e. The molecule has 2 aliphatic heterocycles. The van der Waals surface area contributed by atoms with E-state index >= 15 is 0 Å². The van der Waals surface area contributed by atoms with Gasteiger partial charge in [0.25, 0.3) is 0 Å². The maximum atomic E-state index is 5.94. The molecule has 0 radical (unpaired) electrons. The fourth-order valence-electron chi connectivity index (χ4n) is 2.00. The number of hydrogen-bond acceptors (Lipinski definition) is 3. The Bertz CT molecular complexity index is 302. The molecule has 1 fully saturated rings. The molecular weight excluding hydrogens is 345 g/mol. The number of nitrogens with two attached hydrogens (primary N) is 1. The average Bonchev–Trinajstić information content (AvgIpc) is 2.41. The fourth-order valence-corrected chi connectivity index (χ4v) is 2.00. The van der Waals surface area contributed by atoms with Crippen LogP contribution >= 0.6 is 24.0 Å². The molecule has 0 aromatic rings. The third-order valence-electron chi connectivity index (χ3n) is 3.10. The summed E-state index contributed by atoms with van der Waals surface area (Å²) >= 11 is 0. The van der Waals surface area contributed by atoms with Crippen LogP contribution in [0.2, 0.25) is 0 Å². The van der Waals surface area contributed by atoms with Crippen molar-refractivity contribution in [3.63, 3.8) is 0 Å². The van der Waals surface area contributed by atoms with Crippen molar-refractivity contribution in [1.82, 2.24) is 4.90 Å². The van der Waals surface area contributed by atoms with Gasteiger partial charge in [0.1, 0.15) is 0 Å². The lowest BCUT2D eigenvalue weighted by molar-refractivity contribution is 0.0674. The molecule has 0 saturated carbocycles. The highest BCUT2D eigenvalue weighted by atomic mass is 127. The number of aliphatic imine (C=N–C) groups is 1. The maximum absolute atomic E-state index is 5.94. The van der Waals surface area contributed by atoms with E-state index in [9.17, 15) is 0 Å². The fraction of sp³-hybridized carbons (Fsp3) is 0.750. The first-order valence-corrected chi connectivity index (χ1v) is 6.24. The Morgan fingerprint density at radius 1 is 1.28 bits per heavy atom. The van der Waals surface area contributed by atoms with Gasteiger partial charge in [-0.1, -0.05) is 11.6 Å². The van der Waals surface area contributed by atoms with Gasteiger partial charge in [-0.15, -0.1) is 24.0 Å². The van der Waals surface area contributed by atoms with Crippen LogP contribution in [0, 0.1) is 0 Å². The first-order chi connectivity index (χ1) is 8.36. The number of morpholine rings is 1. The van der Waals surface area contributed by atoms with Gasteiger partial charge in [0.05, 0.1) is 26.4 Å². The Hall–Kier alpha value is -0.340. The first-order valence-electron chi connectivity index (χ1n) is 6.24. The molecule has 6 heteroatoms. The summed E-state index contributed by atoms with van der Waals surface area (Å²) in [7, 11) is 0. The lowest BCUT2D eigenvalue weighted by atomic mass is 10.1. The molecular formula is C12H22IN3O2. The molecule has 5 nitrogen and oxygen atoms in total. The molecule has 18 heavy (non-hydrogen) atoms. The Labute approximate surface area is 125 Å². The highest BCUT2D eigenvalue weighted by Gasteiger charge is 2.11. The highest BCUT2D eigenvalue weighted by Crippen LogP contribution is 2.11. The Morgan fingerprint density at radius 3 is 2.72 bits per heavy atom. The van der Waals surface area contributed by atoms with E-state index in [0.29, 0.717) is 5.96 Å². The third kappa shape index (κ3) is 5.11. The Balaban J connectivity index is 0.00000162. The molecule has 2 heterocycles. The van der Waals surface area contributed by atoms with Crippen molar-refractivity contribution >= 4 is 29.9 Å². The van der Waals surface area contributed by atoms with Crippen molar-refractivity contribution in [2.45, 2.75) is 12.8 Å². The zero-order valence-corrected chi connectivity index (χ0v) is 13.0. The van der Waals surface area contributed by atoms with E-state index in [1.54, 1.807) is 0 Å². The van der Waals surface area contributed by atoms with Gasteiger partial charge in [0.2, 0.25) is 0 Å². The van der Waals surface area contributed by atoms with E-state index < -0.39 is 0 Å². The van der Waals surface area contributed by atoms with Crippen LogP contribution in [0.3, 0.4) is 0 Å². The normalized spacial score (nSPS) is 21.2. The topological polar surface area (TPSA) is 60.1 Å². The van der Waals surface area contributed by atoms with Crippen LogP contribution in [0.4, 0.5) is 0 Å². The van der Waals surface area contributed by atoms with Gasteiger partial charge < -0.3 is 20.1 Å². The number of ether oxygens (including phenoxy) is 2. The molecule has 0 spiro atoms. The quantitative estimate of drug-likeness (QED) is 0.350. The van der Waals surface area contributed by atoms with Crippen LogP contribution < -0.4 is 5.73 Å². The second-order valence-electron chi connectivity index (χ2n) is 4.28. The molecule has 0 amide bonds. The second kappa shape index (κ2) is 8.71. The first kappa shape index (κ1) is 15.7. The molecule has 104 valence electrons. The van der Waals surface area contributed by atoms with E-state index in [-0.39, 0.29) is 24.0 Å². The zero-order chi connectivity index (χ0) is 11.9. The molecule has 2 rings (SSSR count). The molecule has 0 aromatic heterocycles. The molecule has 2 aliphatic rings. The van der Waals surface area contributed by atoms with Gasteiger partial charge in [-0.25, -0.2) is 0 Å². The second-order valence-corrected chi connectivity index (χ2v) is 4.28. The standard InChI is InChI=1S/C12H21N3O2.HI/c13-12(15-5-9-17-10-6-15)14-4-1-11-2-7-16-8-3-11;/h2H,1,3-10H2,(H2,13,14);1H. The van der Waals surface area contributed by atoms with Crippen LogP contribution in [-0.2, 0) is 9.47 Å². The predicted molar refractivity (Wildman–Crippen MR) is 82.4 cm³/mol. The van der Waals surface area contributed by atoms with E-state index in [0.717, 1.165) is 58.9 Å². The van der Waals surface area contributed by atoms with Gasteiger partial charge in [-0.05, 0) is 12.8 Å². The maximum Gasteiger partial charge on any atom is 0.191 e. The van der Waals surface area contributed by atoms with E-state index in [1.165, 1.54) is 5.57 Å². The lowest BCUT2D eigenvalue weighted by Crippen LogP contribution is -2.44. The summed E-state index contributed by atoms with van der Waals surface area (Å²) in [4.78, 5) is 6.51. The molecule has 1 saturated heterocycles. The Morgan fingerprint density at radius 2 is 2.06 bits per heavy atom. The van der Waals surface area contributed by atoms with Crippen LogP contribution in [0.15, 0.2) is 16.6 Å². The molecule has 2 N–H and O–H groups in total. The van der Waals surface area contributed by atoms with Crippen LogP contribution in [0.5, 0.6) is 0 Å². The molecule has 0 bridgehead atoms. The van der Waals surface area contributed by atoms with Crippen LogP contribution in [0.25, 0.3) is 0 Å². The van der Waals surface area contributed by atoms with E-state index in [4.69, 9.17) is 15.2 Å². The SMILES string of the molecule is I.NC(=NCCC1=CCOCC1)N1CCOCC1. The highest BCUT2D eigenvalue weighted by molar-refractivity contribution is 14.0. The van der Waals surface area contributed by atoms with E-state index in [2.05, 4.69) is 16.0 Å². The summed E-state index contributed by atoms with van der Waals surface area (Å²) in [5.74, 6) is 0.654. The number of rotatable bonds is 3. The number of nitrogens with zero attached hydrogens (tertiary/aromatic N) is 2. The minimum absolute atomic E-state index is 0. The van der Waals surface area contributed by atoms with E-state index in [1.807, 2.05) is 0 Å². The summed E-state index contributed by atoms with van der Waals surface area (Å²) in [5.41, 5.74) is 7.38. The van der Waals surface area contributed by atoms with Crippen molar-refractivity contribution in [3.8, 4) is 0 Å². The number of halogens is 1. The van der Waals surface area contributed by atoms with Crippen LogP contribution in [0.1, 0.15) is 12.8 Å². The summed E-state index contributed by atoms with van der Waals surface area (Å²) in [6.07, 6.45) is 4.19. The monoisotopic (exact) mass is 367 g/mol. The minimum atomic E-state index is 0. The van der Waals surface area contributed by atoms with Crippen molar-refractivity contribution in [1.29, 1.82) is 0 Å². The van der Waals surface area contributed by atoms with Gasteiger partial charge in [0.15, 0.2) is 5.96 Å². The zero-order valence-electron chi connectivity index (χ0n) is 10.6. The van der Waals surface area contributed by atoms with Crippen LogP contribution in [-0.4, -0.2) is 56.9 Å². The smallest absolute Gasteiger partial charge is 0.191 e. The Kier molecular flexibility index (Phi) is 7.60. The third-order valence-corrected chi connectivity index (χ3v) is 3.10. The summed E-state index contributed by atoms with van der Waals surface area (Å²) in [6.45, 7) is 5.57. The van der Waals surface area contributed by atoms with Crippen molar-refractivity contribution < 1.29 is 9.47 Å².